The summed E-state index contributed by atoms with van der Waals surface area (Å²) in [7, 11) is 0. The SMILES string of the molecule is C[C@@]1(C(=O)O)CCC[C@]2(C)C1CC[C@@]13CC(=O)[C@@](CO)(CC[C@]12O)C3. The van der Waals surface area contributed by atoms with Crippen molar-refractivity contribution < 1.29 is 24.9 Å². The zero-order valence-corrected chi connectivity index (χ0v) is 15.3. The maximum Gasteiger partial charge on any atom is 0.309 e. The molecular weight excluding hydrogens is 320 g/mol. The molecule has 0 aliphatic heterocycles. The van der Waals surface area contributed by atoms with Crippen LogP contribution in [0.25, 0.3) is 0 Å². The number of rotatable bonds is 2. The van der Waals surface area contributed by atoms with Crippen LogP contribution in [-0.4, -0.2) is 39.3 Å². The molecule has 0 aromatic rings. The molecule has 4 aliphatic carbocycles. The Labute approximate surface area is 148 Å². The lowest BCUT2D eigenvalue weighted by atomic mass is 9.38. The van der Waals surface area contributed by atoms with Gasteiger partial charge in [-0.25, -0.2) is 0 Å². The average molecular weight is 350 g/mol. The van der Waals surface area contributed by atoms with E-state index in [0.29, 0.717) is 38.5 Å². The quantitative estimate of drug-likeness (QED) is 0.711. The second kappa shape index (κ2) is 4.86. The number of hydrogen-bond donors (Lipinski definition) is 3. The van der Waals surface area contributed by atoms with Crippen LogP contribution in [0.3, 0.4) is 0 Å². The zero-order chi connectivity index (χ0) is 18.3. The van der Waals surface area contributed by atoms with E-state index in [4.69, 9.17) is 0 Å². The van der Waals surface area contributed by atoms with E-state index >= 15 is 0 Å². The maximum atomic E-state index is 12.7. The second-order valence-corrected chi connectivity index (χ2v) is 9.94. The molecule has 0 amide bonds. The predicted molar refractivity (Wildman–Crippen MR) is 90.8 cm³/mol. The smallest absolute Gasteiger partial charge is 0.309 e. The topological polar surface area (TPSA) is 94.8 Å². The molecule has 3 N–H and O–H groups in total. The van der Waals surface area contributed by atoms with Gasteiger partial charge in [0, 0.05) is 17.3 Å². The molecule has 4 fully saturated rings. The Morgan fingerprint density at radius 3 is 2.52 bits per heavy atom. The highest BCUT2D eigenvalue weighted by Gasteiger charge is 2.75. The number of Topliss-reactive ketones (excluding diaryl/α,β-unsaturated/α-hetero) is 1. The van der Waals surface area contributed by atoms with Gasteiger partial charge in [-0.2, -0.15) is 0 Å². The van der Waals surface area contributed by atoms with Gasteiger partial charge in [0.15, 0.2) is 0 Å². The van der Waals surface area contributed by atoms with E-state index in [0.717, 1.165) is 19.3 Å². The summed E-state index contributed by atoms with van der Waals surface area (Å²) in [6, 6.07) is 0. The van der Waals surface area contributed by atoms with Crippen LogP contribution < -0.4 is 0 Å². The molecular formula is C20H30O5. The molecule has 5 heteroatoms. The Morgan fingerprint density at radius 2 is 1.88 bits per heavy atom. The molecule has 0 radical (unpaired) electrons. The van der Waals surface area contributed by atoms with Crippen LogP contribution in [-0.2, 0) is 9.59 Å². The summed E-state index contributed by atoms with van der Waals surface area (Å²) in [4.78, 5) is 24.8. The van der Waals surface area contributed by atoms with E-state index in [-0.39, 0.29) is 18.3 Å². The normalized spacial score (nSPS) is 54.7. The van der Waals surface area contributed by atoms with Crippen LogP contribution in [0.4, 0.5) is 0 Å². The third-order valence-electron chi connectivity index (χ3n) is 9.19. The molecule has 4 saturated carbocycles. The van der Waals surface area contributed by atoms with Gasteiger partial charge >= 0.3 is 5.97 Å². The third kappa shape index (κ3) is 1.77. The molecule has 6 atom stereocenters. The Kier molecular flexibility index (Phi) is 3.40. The monoisotopic (exact) mass is 350 g/mol. The van der Waals surface area contributed by atoms with Crippen LogP contribution in [0.1, 0.15) is 71.6 Å². The van der Waals surface area contributed by atoms with E-state index in [1.807, 2.05) is 6.92 Å². The van der Waals surface area contributed by atoms with Crippen molar-refractivity contribution in [2.75, 3.05) is 6.61 Å². The highest BCUT2D eigenvalue weighted by atomic mass is 16.4. The predicted octanol–water partition coefficient (Wildman–Crippen LogP) is 2.53. The summed E-state index contributed by atoms with van der Waals surface area (Å²) in [5.41, 5.74) is -3.44. The number of fused-ring (bicyclic) bond motifs is 3. The number of aliphatic hydroxyl groups excluding tert-OH is 1. The highest BCUT2D eigenvalue weighted by Crippen LogP contribution is 2.74. The lowest BCUT2D eigenvalue weighted by molar-refractivity contribution is -0.267. The number of carboxylic acid groups (broad SMARTS) is 1. The van der Waals surface area contributed by atoms with E-state index in [1.165, 1.54) is 0 Å². The minimum Gasteiger partial charge on any atom is -0.481 e. The van der Waals surface area contributed by atoms with Crippen LogP contribution in [0.5, 0.6) is 0 Å². The second-order valence-electron chi connectivity index (χ2n) is 9.94. The number of carbonyl (C=O) groups excluding carboxylic acids is 1. The standard InChI is InChI=1S/C20H30O5/c1-16(15(23)24)5-3-6-17(2)13(16)4-7-19-10-14(22)18(11-19,12-21)8-9-20(17,19)25/h13,21,25H,3-12H2,1-2H3,(H,23,24)/t13?,16-,17-,18+,19+,20-/m1/s1. The molecule has 1 unspecified atom stereocenters. The molecule has 0 aromatic carbocycles. The van der Waals surface area contributed by atoms with Crippen molar-refractivity contribution in [1.82, 2.24) is 0 Å². The van der Waals surface area contributed by atoms with Gasteiger partial charge in [-0.3, -0.25) is 9.59 Å². The number of carbonyl (C=O) groups is 2. The van der Waals surface area contributed by atoms with Crippen molar-refractivity contribution in [3.8, 4) is 0 Å². The van der Waals surface area contributed by atoms with Crippen molar-refractivity contribution in [3.63, 3.8) is 0 Å². The van der Waals surface area contributed by atoms with Gasteiger partial charge in [-0.1, -0.05) is 13.3 Å². The molecule has 4 aliphatic rings. The van der Waals surface area contributed by atoms with Gasteiger partial charge in [0.2, 0.25) is 0 Å². The first kappa shape index (κ1) is 17.5. The van der Waals surface area contributed by atoms with Crippen molar-refractivity contribution in [2.45, 2.75) is 77.2 Å². The lowest BCUT2D eigenvalue weighted by Crippen LogP contribution is -2.69. The summed E-state index contributed by atoms with van der Waals surface area (Å²) in [6.45, 7) is 3.80. The number of hydrogen-bond acceptors (Lipinski definition) is 4. The number of ketones is 1. The number of carboxylic acids is 1. The van der Waals surface area contributed by atoms with Crippen LogP contribution in [0.15, 0.2) is 0 Å². The van der Waals surface area contributed by atoms with Gasteiger partial charge < -0.3 is 15.3 Å². The van der Waals surface area contributed by atoms with E-state index in [2.05, 4.69) is 6.92 Å². The minimum absolute atomic E-state index is 0.0702. The lowest BCUT2D eigenvalue weighted by Gasteiger charge is -2.68. The molecule has 1 spiro atoms. The molecule has 0 heterocycles. The van der Waals surface area contributed by atoms with E-state index in [1.54, 1.807) is 0 Å². The Bertz CT molecular complexity index is 646. The summed E-state index contributed by atoms with van der Waals surface area (Å²) in [5.74, 6) is -0.727. The Morgan fingerprint density at radius 1 is 1.16 bits per heavy atom. The number of aliphatic hydroxyl groups is 2. The maximum absolute atomic E-state index is 12.7. The Hall–Kier alpha value is -0.940. The fraction of sp³-hybridized carbons (Fsp3) is 0.900. The van der Waals surface area contributed by atoms with Crippen LogP contribution in [0, 0.1) is 27.6 Å². The fourth-order valence-corrected chi connectivity index (χ4v) is 7.69. The third-order valence-corrected chi connectivity index (χ3v) is 9.19. The molecule has 25 heavy (non-hydrogen) atoms. The van der Waals surface area contributed by atoms with Gasteiger partial charge in [-0.05, 0) is 57.8 Å². The number of aliphatic carboxylic acids is 1. The molecule has 4 rings (SSSR count). The van der Waals surface area contributed by atoms with Gasteiger partial charge in [-0.15, -0.1) is 0 Å². The summed E-state index contributed by atoms with van der Waals surface area (Å²) >= 11 is 0. The summed E-state index contributed by atoms with van der Waals surface area (Å²) in [6.07, 6.45) is 5.65. The van der Waals surface area contributed by atoms with Gasteiger partial charge in [0.25, 0.3) is 0 Å². The summed E-state index contributed by atoms with van der Waals surface area (Å²) in [5, 5.41) is 31.8. The first-order valence-electron chi connectivity index (χ1n) is 9.69. The Balaban J connectivity index is 1.81. The first-order chi connectivity index (χ1) is 11.6. The summed E-state index contributed by atoms with van der Waals surface area (Å²) < 4.78 is 0. The molecule has 2 bridgehead atoms. The largest absolute Gasteiger partial charge is 0.481 e. The van der Waals surface area contributed by atoms with Crippen LogP contribution in [0.2, 0.25) is 0 Å². The van der Waals surface area contributed by atoms with E-state index < -0.39 is 33.2 Å². The van der Waals surface area contributed by atoms with Gasteiger partial charge in [0.1, 0.15) is 5.78 Å². The molecule has 140 valence electrons. The van der Waals surface area contributed by atoms with E-state index in [9.17, 15) is 24.9 Å². The minimum atomic E-state index is -1.01. The molecule has 0 saturated heterocycles. The highest BCUT2D eigenvalue weighted by molar-refractivity contribution is 5.89. The van der Waals surface area contributed by atoms with Crippen molar-refractivity contribution in [3.05, 3.63) is 0 Å². The van der Waals surface area contributed by atoms with Gasteiger partial charge in [0.05, 0.1) is 23.0 Å². The fourth-order valence-electron chi connectivity index (χ4n) is 7.69. The first-order valence-corrected chi connectivity index (χ1v) is 9.69. The van der Waals surface area contributed by atoms with Crippen molar-refractivity contribution in [2.24, 2.45) is 27.6 Å². The molecule has 0 aromatic heterocycles. The van der Waals surface area contributed by atoms with Crippen molar-refractivity contribution >= 4 is 11.8 Å². The van der Waals surface area contributed by atoms with Crippen molar-refractivity contribution in [1.29, 1.82) is 0 Å². The van der Waals surface area contributed by atoms with Crippen LogP contribution >= 0.6 is 0 Å². The zero-order valence-electron chi connectivity index (χ0n) is 15.3. The molecule has 5 nitrogen and oxygen atoms in total. The average Bonchev–Trinajstić information content (AvgIpc) is 2.80.